The first-order valence-electron chi connectivity index (χ1n) is 6.02. The summed E-state index contributed by atoms with van der Waals surface area (Å²) in [7, 11) is -3.08. The summed E-state index contributed by atoms with van der Waals surface area (Å²) < 4.78 is 22.9. The number of hydrogen-bond donors (Lipinski definition) is 2. The van der Waals surface area contributed by atoms with Gasteiger partial charge in [-0.15, -0.1) is 21.8 Å². The molecule has 2 N–H and O–H groups in total. The first-order valence-corrected chi connectivity index (χ1v) is 9.50. The number of anilines is 1. The van der Waals surface area contributed by atoms with Crippen molar-refractivity contribution in [1.82, 2.24) is 15.5 Å². The van der Waals surface area contributed by atoms with Crippen LogP contribution in [0.1, 0.15) is 24.8 Å². The minimum Gasteiger partial charge on any atom is -0.357 e. The maximum absolute atomic E-state index is 11.5. The van der Waals surface area contributed by atoms with E-state index in [2.05, 4.69) is 20.8 Å². The number of alkyl halides is 1. The molecular weight excluding hydrogens is 340 g/mol. The monoisotopic (exact) mass is 354 g/mol. The summed E-state index contributed by atoms with van der Waals surface area (Å²) in [6.07, 6.45) is 0. The second-order valence-corrected chi connectivity index (χ2v) is 9.03. The third-order valence-corrected chi connectivity index (χ3v) is 6.49. The molecule has 0 bridgehead atoms. The molecule has 0 saturated carbocycles. The molecule has 1 aromatic heterocycles. The molecule has 0 radical (unpaired) electrons. The van der Waals surface area contributed by atoms with Crippen LogP contribution >= 0.6 is 35.2 Å². The number of hydrogen-bond acceptors (Lipinski definition) is 6. The predicted octanol–water partition coefficient (Wildman–Crippen LogP) is 1.35. The van der Waals surface area contributed by atoms with E-state index in [1.165, 1.54) is 11.3 Å². The summed E-state index contributed by atoms with van der Waals surface area (Å²) in [4.78, 5) is 0. The van der Waals surface area contributed by atoms with Crippen molar-refractivity contribution in [3.05, 3.63) is 5.01 Å². The molecule has 0 aromatic carbocycles. The van der Waals surface area contributed by atoms with Gasteiger partial charge in [0.05, 0.1) is 22.9 Å². The molecular formula is C10H15ClN4O2S3. The van der Waals surface area contributed by atoms with Crippen molar-refractivity contribution in [1.29, 1.82) is 0 Å². The molecule has 2 heterocycles. The molecule has 6 nitrogen and oxygen atoms in total. The zero-order valence-corrected chi connectivity index (χ0v) is 14.2. The molecule has 0 amide bonds. The molecule has 1 aliphatic heterocycles. The van der Waals surface area contributed by atoms with Gasteiger partial charge in [-0.1, -0.05) is 25.2 Å². The number of aromatic nitrogens is 2. The highest BCUT2D eigenvalue weighted by molar-refractivity contribution is 7.91. The lowest BCUT2D eigenvalue weighted by molar-refractivity contribution is 0.600. The normalized spacial score (nSPS) is 24.8. The van der Waals surface area contributed by atoms with Crippen LogP contribution in [0.4, 0.5) is 5.13 Å². The SMILES string of the molecule is CC(C)c1nnc(NC(=S)N[C@H]2CS(=O)(=O)C[C@H]2Cl)s1. The molecule has 10 heteroatoms. The maximum atomic E-state index is 11.5. The molecule has 20 heavy (non-hydrogen) atoms. The van der Waals surface area contributed by atoms with Crippen LogP contribution in [-0.4, -0.2) is 46.7 Å². The van der Waals surface area contributed by atoms with Crippen LogP contribution in [-0.2, 0) is 9.84 Å². The topological polar surface area (TPSA) is 84.0 Å². The Balaban J connectivity index is 1.92. The number of sulfone groups is 1. The summed E-state index contributed by atoms with van der Waals surface area (Å²) in [6.45, 7) is 4.06. The molecule has 2 atom stereocenters. The average molecular weight is 355 g/mol. The van der Waals surface area contributed by atoms with Gasteiger partial charge in [0, 0.05) is 5.92 Å². The smallest absolute Gasteiger partial charge is 0.211 e. The van der Waals surface area contributed by atoms with E-state index < -0.39 is 15.2 Å². The van der Waals surface area contributed by atoms with Gasteiger partial charge in [-0.3, -0.25) is 0 Å². The standard InChI is InChI=1S/C10H15ClN4O2S3/c1-5(2)8-14-15-10(19-8)13-9(18)12-7-4-20(16,17)3-6(7)11/h5-7H,3-4H2,1-2H3,(H2,12,13,15,18)/t6-,7+/m1/s1. The zero-order chi connectivity index (χ0) is 14.9. The van der Waals surface area contributed by atoms with Crippen LogP contribution in [0.25, 0.3) is 0 Å². The highest BCUT2D eigenvalue weighted by Gasteiger charge is 2.36. The lowest BCUT2D eigenvalue weighted by Crippen LogP contribution is -2.42. The van der Waals surface area contributed by atoms with Gasteiger partial charge in [0.15, 0.2) is 14.9 Å². The molecule has 1 aliphatic rings. The lowest BCUT2D eigenvalue weighted by atomic mass is 10.2. The van der Waals surface area contributed by atoms with Gasteiger partial charge in [0.2, 0.25) is 5.13 Å². The third-order valence-electron chi connectivity index (χ3n) is 2.75. The molecule has 0 aliphatic carbocycles. The first-order chi connectivity index (χ1) is 9.27. The number of nitrogens with zero attached hydrogens (tertiary/aromatic N) is 2. The van der Waals surface area contributed by atoms with Crippen molar-refractivity contribution in [3.8, 4) is 0 Å². The van der Waals surface area contributed by atoms with E-state index in [0.29, 0.717) is 16.2 Å². The fourth-order valence-corrected chi connectivity index (χ4v) is 5.37. The Labute approximate surface area is 132 Å². The maximum Gasteiger partial charge on any atom is 0.211 e. The van der Waals surface area contributed by atoms with Crippen molar-refractivity contribution in [2.45, 2.75) is 31.2 Å². The zero-order valence-electron chi connectivity index (χ0n) is 11.0. The quantitative estimate of drug-likeness (QED) is 0.626. The molecule has 0 unspecified atom stereocenters. The van der Waals surface area contributed by atoms with Gasteiger partial charge in [-0.05, 0) is 12.2 Å². The molecule has 112 valence electrons. The van der Waals surface area contributed by atoms with Crippen molar-refractivity contribution >= 4 is 55.2 Å². The Kier molecular flexibility index (Phi) is 4.83. The van der Waals surface area contributed by atoms with Gasteiger partial charge >= 0.3 is 0 Å². The summed E-state index contributed by atoms with van der Waals surface area (Å²) in [5, 5.41) is 15.2. The molecule has 1 saturated heterocycles. The van der Waals surface area contributed by atoms with Crippen LogP contribution in [0.15, 0.2) is 0 Å². The largest absolute Gasteiger partial charge is 0.357 e. The van der Waals surface area contributed by atoms with E-state index in [0.717, 1.165) is 5.01 Å². The first kappa shape index (κ1) is 15.9. The van der Waals surface area contributed by atoms with Gasteiger partial charge in [-0.25, -0.2) is 8.42 Å². The molecule has 1 fully saturated rings. The van der Waals surface area contributed by atoms with E-state index in [9.17, 15) is 8.42 Å². The van der Waals surface area contributed by atoms with E-state index >= 15 is 0 Å². The second kappa shape index (κ2) is 6.08. The van der Waals surface area contributed by atoms with Gasteiger partial charge in [0.25, 0.3) is 0 Å². The van der Waals surface area contributed by atoms with Crippen LogP contribution in [0, 0.1) is 0 Å². The van der Waals surface area contributed by atoms with Crippen molar-refractivity contribution < 1.29 is 8.42 Å². The van der Waals surface area contributed by atoms with Gasteiger partial charge in [0.1, 0.15) is 5.01 Å². The van der Waals surface area contributed by atoms with Gasteiger partial charge in [-0.2, -0.15) is 0 Å². The van der Waals surface area contributed by atoms with Crippen molar-refractivity contribution in [2.24, 2.45) is 0 Å². The summed E-state index contributed by atoms with van der Waals surface area (Å²) in [5.41, 5.74) is 0. The third kappa shape index (κ3) is 4.00. The summed E-state index contributed by atoms with van der Waals surface area (Å²) >= 11 is 12.6. The van der Waals surface area contributed by atoms with E-state index in [1.807, 2.05) is 13.8 Å². The highest BCUT2D eigenvalue weighted by Crippen LogP contribution is 2.22. The Morgan fingerprint density at radius 3 is 2.65 bits per heavy atom. The fourth-order valence-electron chi connectivity index (χ4n) is 1.76. The second-order valence-electron chi connectivity index (χ2n) is 4.90. The summed E-state index contributed by atoms with van der Waals surface area (Å²) in [6, 6.07) is -0.376. The van der Waals surface area contributed by atoms with Crippen molar-refractivity contribution in [2.75, 3.05) is 16.8 Å². The Bertz CT molecular complexity index is 601. The van der Waals surface area contributed by atoms with Crippen molar-refractivity contribution in [3.63, 3.8) is 0 Å². The van der Waals surface area contributed by atoms with E-state index in [4.69, 9.17) is 23.8 Å². The Morgan fingerprint density at radius 1 is 1.45 bits per heavy atom. The van der Waals surface area contributed by atoms with Crippen LogP contribution in [0.5, 0.6) is 0 Å². The Hall–Kier alpha value is -0.510. The number of rotatable bonds is 3. The number of halogens is 1. The molecule has 0 spiro atoms. The number of nitrogens with one attached hydrogen (secondary N) is 2. The minimum atomic E-state index is -3.08. The Morgan fingerprint density at radius 2 is 2.15 bits per heavy atom. The van der Waals surface area contributed by atoms with Crippen LogP contribution in [0.2, 0.25) is 0 Å². The van der Waals surface area contributed by atoms with E-state index in [1.54, 1.807) is 0 Å². The van der Waals surface area contributed by atoms with Gasteiger partial charge < -0.3 is 10.6 Å². The van der Waals surface area contributed by atoms with Crippen LogP contribution in [0.3, 0.4) is 0 Å². The minimum absolute atomic E-state index is 0.00362. The van der Waals surface area contributed by atoms with E-state index in [-0.39, 0.29) is 17.5 Å². The predicted molar refractivity (Wildman–Crippen MR) is 85.4 cm³/mol. The summed E-state index contributed by atoms with van der Waals surface area (Å²) in [5.74, 6) is 0.276. The average Bonchev–Trinajstić information content (AvgIpc) is 2.84. The highest BCUT2D eigenvalue weighted by atomic mass is 35.5. The lowest BCUT2D eigenvalue weighted by Gasteiger charge is -2.16. The van der Waals surface area contributed by atoms with Crippen LogP contribution < -0.4 is 10.6 Å². The number of thiocarbonyl (C=S) groups is 1. The molecule has 2 rings (SSSR count). The fraction of sp³-hybridized carbons (Fsp3) is 0.700. The molecule has 1 aromatic rings.